The SMILES string of the molecule is CCCc1cc(C)c(OCCC[Si](OCC)(OCC)OCC)c(C(C)(CC)CCCCCCCCCCCCCCCCCCCCCC(C)(C)C)c1. The third-order valence-electron chi connectivity index (χ3n) is 11.4. The lowest BCUT2D eigenvalue weighted by Gasteiger charge is -2.33. The van der Waals surface area contributed by atoms with Crippen LogP contribution in [0.3, 0.4) is 0 Å². The zero-order valence-corrected chi connectivity index (χ0v) is 38.5. The Morgan fingerprint density at radius 2 is 0.943 bits per heavy atom. The molecular weight excluding hydrogens is 669 g/mol. The maximum Gasteiger partial charge on any atom is 0.501 e. The van der Waals surface area contributed by atoms with E-state index >= 15 is 0 Å². The van der Waals surface area contributed by atoms with Crippen LogP contribution in [-0.4, -0.2) is 35.2 Å². The molecule has 0 aromatic heterocycles. The lowest BCUT2D eigenvalue weighted by Crippen LogP contribution is -2.46. The molecule has 0 saturated heterocycles. The Bertz CT molecular complexity index is 987. The first-order chi connectivity index (χ1) is 25.5. The van der Waals surface area contributed by atoms with Gasteiger partial charge < -0.3 is 18.0 Å². The molecule has 0 aliphatic heterocycles. The summed E-state index contributed by atoms with van der Waals surface area (Å²) in [5.41, 5.74) is 4.78. The van der Waals surface area contributed by atoms with E-state index in [-0.39, 0.29) is 5.41 Å². The number of unbranched alkanes of at least 4 members (excludes halogenated alkanes) is 18. The van der Waals surface area contributed by atoms with E-state index in [2.05, 4.69) is 60.6 Å². The summed E-state index contributed by atoms with van der Waals surface area (Å²) in [5.74, 6) is 1.11. The summed E-state index contributed by atoms with van der Waals surface area (Å²) in [4.78, 5) is 0. The average Bonchev–Trinajstić information content (AvgIpc) is 3.11. The second-order valence-electron chi connectivity index (χ2n) is 17.7. The molecule has 1 aromatic rings. The first-order valence-corrected chi connectivity index (χ1v) is 25.1. The molecule has 53 heavy (non-hydrogen) atoms. The minimum Gasteiger partial charge on any atom is -0.493 e. The van der Waals surface area contributed by atoms with Crippen molar-refractivity contribution in [2.24, 2.45) is 5.41 Å². The fourth-order valence-corrected chi connectivity index (χ4v) is 10.6. The van der Waals surface area contributed by atoms with Crippen LogP contribution in [0.5, 0.6) is 5.75 Å². The van der Waals surface area contributed by atoms with Crippen LogP contribution in [0, 0.1) is 12.3 Å². The zero-order chi connectivity index (χ0) is 39.3. The molecule has 1 atom stereocenters. The maximum absolute atomic E-state index is 6.69. The van der Waals surface area contributed by atoms with Gasteiger partial charge in [-0.1, -0.05) is 182 Å². The van der Waals surface area contributed by atoms with Crippen LogP contribution in [0.2, 0.25) is 6.04 Å². The molecule has 0 heterocycles. The summed E-state index contributed by atoms with van der Waals surface area (Å²) >= 11 is 0. The lowest BCUT2D eigenvalue weighted by molar-refractivity contribution is 0.0696. The Hall–Kier alpha value is -0.883. The number of aryl methyl sites for hydroxylation is 2. The van der Waals surface area contributed by atoms with E-state index in [1.165, 1.54) is 158 Å². The van der Waals surface area contributed by atoms with E-state index in [0.29, 0.717) is 31.8 Å². The molecule has 312 valence electrons. The molecule has 0 spiro atoms. The van der Waals surface area contributed by atoms with Gasteiger partial charge in [0.05, 0.1) is 6.61 Å². The van der Waals surface area contributed by atoms with Crippen molar-refractivity contribution in [1.82, 2.24) is 0 Å². The van der Waals surface area contributed by atoms with E-state index in [4.69, 9.17) is 18.0 Å². The van der Waals surface area contributed by atoms with Crippen molar-refractivity contribution in [1.29, 1.82) is 0 Å². The van der Waals surface area contributed by atoms with Gasteiger partial charge in [0, 0.05) is 31.4 Å². The highest BCUT2D eigenvalue weighted by Crippen LogP contribution is 2.41. The van der Waals surface area contributed by atoms with Gasteiger partial charge in [-0.05, 0) is 81.8 Å². The number of benzene rings is 1. The van der Waals surface area contributed by atoms with Gasteiger partial charge in [-0.3, -0.25) is 0 Å². The van der Waals surface area contributed by atoms with Crippen LogP contribution in [-0.2, 0) is 25.1 Å². The average molecular weight is 761 g/mol. The second-order valence-corrected chi connectivity index (χ2v) is 20.4. The minimum absolute atomic E-state index is 0.121. The molecule has 0 bridgehead atoms. The largest absolute Gasteiger partial charge is 0.501 e. The minimum atomic E-state index is -2.66. The van der Waals surface area contributed by atoms with E-state index < -0.39 is 8.80 Å². The molecule has 1 aromatic carbocycles. The summed E-state index contributed by atoms with van der Waals surface area (Å²) in [5, 5.41) is 0. The standard InChI is InChI=1S/C48H92O4Si/c1-11-36-44-41-43(6)46(49-39-35-40-53(50-13-3,51-14-4)52-15-5)45(42-44)48(10,12-2)38-34-32-30-28-26-24-22-20-18-16-17-19-21-23-25-27-29-31-33-37-47(7,8)9/h41-42H,11-40H2,1-10H3. The molecule has 1 unspecified atom stereocenters. The summed E-state index contributed by atoms with van der Waals surface area (Å²) in [7, 11) is -2.66. The van der Waals surface area contributed by atoms with Crippen LogP contribution < -0.4 is 4.74 Å². The molecule has 0 fully saturated rings. The van der Waals surface area contributed by atoms with Crippen molar-refractivity contribution in [3.63, 3.8) is 0 Å². The highest BCUT2D eigenvalue weighted by atomic mass is 28.4. The van der Waals surface area contributed by atoms with Gasteiger partial charge in [-0.15, -0.1) is 0 Å². The Morgan fingerprint density at radius 3 is 1.32 bits per heavy atom. The van der Waals surface area contributed by atoms with Gasteiger partial charge in [0.25, 0.3) is 0 Å². The van der Waals surface area contributed by atoms with Gasteiger partial charge in [0.15, 0.2) is 0 Å². The molecule has 0 saturated carbocycles. The van der Waals surface area contributed by atoms with Crippen molar-refractivity contribution in [3.05, 3.63) is 28.8 Å². The lowest BCUT2D eigenvalue weighted by atomic mass is 9.74. The fraction of sp³-hybridized carbons (Fsp3) is 0.875. The van der Waals surface area contributed by atoms with E-state index in [1.807, 2.05) is 20.8 Å². The Balaban J connectivity index is 2.37. The predicted octanol–water partition coefficient (Wildman–Crippen LogP) is 15.7. The highest BCUT2D eigenvalue weighted by molar-refractivity contribution is 6.60. The topological polar surface area (TPSA) is 36.9 Å². The highest BCUT2D eigenvalue weighted by Gasteiger charge is 2.40. The molecule has 4 nitrogen and oxygen atoms in total. The predicted molar refractivity (Wildman–Crippen MR) is 235 cm³/mol. The van der Waals surface area contributed by atoms with E-state index in [1.54, 1.807) is 0 Å². The summed E-state index contributed by atoms with van der Waals surface area (Å²) in [6, 6.07) is 5.62. The van der Waals surface area contributed by atoms with E-state index in [0.717, 1.165) is 31.1 Å². The Labute approximate surface area is 333 Å². The van der Waals surface area contributed by atoms with Crippen LogP contribution in [0.1, 0.15) is 233 Å². The molecule has 1 rings (SSSR count). The number of rotatable bonds is 36. The molecule has 0 aliphatic rings. The number of ether oxygens (including phenoxy) is 1. The summed E-state index contributed by atoms with van der Waals surface area (Å²) in [6.07, 6.45) is 34.0. The molecule has 5 heteroatoms. The van der Waals surface area contributed by atoms with Gasteiger partial charge in [-0.25, -0.2) is 0 Å². The Kier molecular flexibility index (Phi) is 28.6. The molecule has 0 N–H and O–H groups in total. The van der Waals surface area contributed by atoms with Crippen molar-refractivity contribution in [3.8, 4) is 5.75 Å². The fourth-order valence-electron chi connectivity index (χ4n) is 8.06. The third-order valence-corrected chi connectivity index (χ3v) is 14.6. The van der Waals surface area contributed by atoms with Gasteiger partial charge >= 0.3 is 8.80 Å². The van der Waals surface area contributed by atoms with Gasteiger partial charge in [-0.2, -0.15) is 0 Å². The third kappa shape index (κ3) is 23.1. The van der Waals surface area contributed by atoms with Crippen molar-refractivity contribution in [2.45, 2.75) is 241 Å². The van der Waals surface area contributed by atoms with Crippen molar-refractivity contribution in [2.75, 3.05) is 26.4 Å². The van der Waals surface area contributed by atoms with Crippen LogP contribution in [0.4, 0.5) is 0 Å². The van der Waals surface area contributed by atoms with Gasteiger partial charge in [0.2, 0.25) is 0 Å². The normalized spacial score (nSPS) is 13.5. The van der Waals surface area contributed by atoms with E-state index in [9.17, 15) is 0 Å². The number of hydrogen-bond acceptors (Lipinski definition) is 4. The van der Waals surface area contributed by atoms with Crippen LogP contribution >= 0.6 is 0 Å². The van der Waals surface area contributed by atoms with Crippen molar-refractivity contribution < 1.29 is 18.0 Å². The van der Waals surface area contributed by atoms with Crippen molar-refractivity contribution >= 4 is 8.80 Å². The zero-order valence-electron chi connectivity index (χ0n) is 37.5. The molecule has 0 amide bonds. The summed E-state index contributed by atoms with van der Waals surface area (Å²) in [6.45, 7) is 25.1. The summed E-state index contributed by atoms with van der Waals surface area (Å²) < 4.78 is 25.0. The Morgan fingerprint density at radius 1 is 0.528 bits per heavy atom. The number of hydrogen-bond donors (Lipinski definition) is 0. The van der Waals surface area contributed by atoms with Crippen LogP contribution in [0.15, 0.2) is 12.1 Å². The molecular formula is C48H92O4Si. The first kappa shape index (κ1) is 50.1. The maximum atomic E-state index is 6.69. The molecule has 0 radical (unpaired) electrons. The van der Waals surface area contributed by atoms with Crippen LogP contribution in [0.25, 0.3) is 0 Å². The smallest absolute Gasteiger partial charge is 0.493 e. The molecule has 0 aliphatic carbocycles. The quantitative estimate of drug-likeness (QED) is 0.0504. The monoisotopic (exact) mass is 761 g/mol. The van der Waals surface area contributed by atoms with Gasteiger partial charge in [0.1, 0.15) is 5.75 Å². The second kappa shape index (κ2) is 30.3. The first-order valence-electron chi connectivity index (χ1n) is 23.2.